The molecule has 0 spiro atoms. The number of aromatic nitrogens is 4. The molecular weight excluding hydrogens is 436 g/mol. The lowest BCUT2D eigenvalue weighted by molar-refractivity contribution is 0.0674. The first-order chi connectivity index (χ1) is 16.3. The summed E-state index contributed by atoms with van der Waals surface area (Å²) < 4.78 is 6.92. The van der Waals surface area contributed by atoms with Crippen molar-refractivity contribution in [2.24, 2.45) is 7.05 Å². The lowest BCUT2D eigenvalue weighted by Crippen LogP contribution is -2.11. The van der Waals surface area contributed by atoms with Crippen LogP contribution in [-0.4, -0.2) is 42.1 Å². The summed E-state index contributed by atoms with van der Waals surface area (Å²) in [4.78, 5) is 22.2. The van der Waals surface area contributed by atoms with Crippen molar-refractivity contribution in [1.82, 2.24) is 20.0 Å². The zero-order valence-electron chi connectivity index (χ0n) is 18.6. The van der Waals surface area contributed by atoms with Gasteiger partial charge in [-0.25, -0.2) is 9.59 Å². The van der Waals surface area contributed by atoms with E-state index in [2.05, 4.69) is 28.3 Å². The summed E-state index contributed by atoms with van der Waals surface area (Å²) in [5.74, 6) is -1.17. The van der Waals surface area contributed by atoms with Crippen molar-refractivity contribution in [3.8, 4) is 28.3 Å². The molecule has 0 saturated carbocycles. The van der Waals surface area contributed by atoms with Crippen molar-refractivity contribution in [3.63, 3.8) is 0 Å². The largest absolute Gasteiger partial charge is 0.488 e. The van der Waals surface area contributed by atoms with Gasteiger partial charge in [0.25, 0.3) is 0 Å². The van der Waals surface area contributed by atoms with Crippen molar-refractivity contribution in [2.45, 2.75) is 26.4 Å². The molecule has 3 heterocycles. The molecule has 0 amide bonds. The molecule has 0 saturated heterocycles. The normalized spacial score (nSPS) is 12.8. The SMILES string of the molecule is Cc1ccc2c(c1)CCc1c-2n[nH]c1C(=O)O.Cn1nc2c(c1C(=O)O)COc1ccccc1-2. The predicted molar refractivity (Wildman–Crippen MR) is 123 cm³/mol. The minimum absolute atomic E-state index is 0.189. The number of nitrogens with one attached hydrogen (secondary N) is 1. The van der Waals surface area contributed by atoms with Crippen LogP contribution < -0.4 is 4.74 Å². The van der Waals surface area contributed by atoms with Crippen molar-refractivity contribution in [2.75, 3.05) is 0 Å². The van der Waals surface area contributed by atoms with Gasteiger partial charge in [0.1, 0.15) is 23.7 Å². The fourth-order valence-corrected chi connectivity index (χ4v) is 4.55. The fraction of sp³-hybridized carbons (Fsp3) is 0.200. The van der Waals surface area contributed by atoms with E-state index in [9.17, 15) is 9.59 Å². The second-order valence-electron chi connectivity index (χ2n) is 8.28. The van der Waals surface area contributed by atoms with Crippen molar-refractivity contribution in [3.05, 3.63) is 76.1 Å². The quantitative estimate of drug-likeness (QED) is 0.416. The van der Waals surface area contributed by atoms with Crippen LogP contribution in [0.5, 0.6) is 5.75 Å². The molecule has 0 unspecified atom stereocenters. The minimum Gasteiger partial charge on any atom is -0.488 e. The molecule has 2 aromatic carbocycles. The zero-order valence-corrected chi connectivity index (χ0v) is 18.6. The number of benzene rings is 2. The summed E-state index contributed by atoms with van der Waals surface area (Å²) in [6.07, 6.45) is 1.62. The van der Waals surface area contributed by atoms with E-state index in [-0.39, 0.29) is 18.0 Å². The molecule has 1 aliphatic heterocycles. The van der Waals surface area contributed by atoms with Gasteiger partial charge in [0.15, 0.2) is 5.69 Å². The fourth-order valence-electron chi connectivity index (χ4n) is 4.55. The van der Waals surface area contributed by atoms with E-state index in [1.807, 2.05) is 36.4 Å². The summed E-state index contributed by atoms with van der Waals surface area (Å²) in [5, 5.41) is 29.2. The molecule has 2 aliphatic rings. The summed E-state index contributed by atoms with van der Waals surface area (Å²) in [6.45, 7) is 2.31. The molecule has 9 heteroatoms. The highest BCUT2D eigenvalue weighted by atomic mass is 16.5. The molecule has 0 fully saturated rings. The highest BCUT2D eigenvalue weighted by Gasteiger charge is 2.28. The van der Waals surface area contributed by atoms with Gasteiger partial charge in [-0.05, 0) is 37.5 Å². The van der Waals surface area contributed by atoms with E-state index in [4.69, 9.17) is 14.9 Å². The van der Waals surface area contributed by atoms with Crippen molar-refractivity contribution >= 4 is 11.9 Å². The molecule has 3 N–H and O–H groups in total. The van der Waals surface area contributed by atoms with Crippen LogP contribution >= 0.6 is 0 Å². The van der Waals surface area contributed by atoms with Crippen LogP contribution in [-0.2, 0) is 26.5 Å². The number of H-pyrrole nitrogens is 1. The third-order valence-corrected chi connectivity index (χ3v) is 6.10. The van der Waals surface area contributed by atoms with Gasteiger partial charge in [-0.3, -0.25) is 9.78 Å². The lowest BCUT2D eigenvalue weighted by Gasteiger charge is -2.16. The molecular formula is C25H22N4O5. The molecule has 4 aromatic rings. The summed E-state index contributed by atoms with van der Waals surface area (Å²) in [7, 11) is 1.63. The van der Waals surface area contributed by atoms with E-state index in [0.717, 1.165) is 41.0 Å². The van der Waals surface area contributed by atoms with E-state index < -0.39 is 11.9 Å². The monoisotopic (exact) mass is 458 g/mol. The smallest absolute Gasteiger partial charge is 0.354 e. The van der Waals surface area contributed by atoms with Gasteiger partial charge < -0.3 is 14.9 Å². The lowest BCUT2D eigenvalue weighted by atomic mass is 9.88. The third kappa shape index (κ3) is 3.51. The van der Waals surface area contributed by atoms with E-state index in [0.29, 0.717) is 11.3 Å². The van der Waals surface area contributed by atoms with Crippen LogP contribution in [0.1, 0.15) is 43.2 Å². The van der Waals surface area contributed by atoms with Crippen LogP contribution in [0.4, 0.5) is 0 Å². The molecule has 34 heavy (non-hydrogen) atoms. The second-order valence-corrected chi connectivity index (χ2v) is 8.28. The average molecular weight is 458 g/mol. The number of carboxylic acid groups (broad SMARTS) is 2. The first-order valence-electron chi connectivity index (χ1n) is 10.8. The van der Waals surface area contributed by atoms with Gasteiger partial charge in [0, 0.05) is 23.7 Å². The summed E-state index contributed by atoms with van der Waals surface area (Å²) >= 11 is 0. The number of fused-ring (bicyclic) bond motifs is 6. The average Bonchev–Trinajstić information content (AvgIpc) is 3.40. The Morgan fingerprint density at radius 2 is 1.79 bits per heavy atom. The van der Waals surface area contributed by atoms with Crippen LogP contribution in [0.2, 0.25) is 0 Å². The van der Waals surface area contributed by atoms with Gasteiger partial charge in [-0.15, -0.1) is 0 Å². The Hall–Kier alpha value is -4.40. The van der Waals surface area contributed by atoms with Crippen LogP contribution in [0.15, 0.2) is 42.5 Å². The van der Waals surface area contributed by atoms with Crippen molar-refractivity contribution < 1.29 is 24.5 Å². The maximum atomic E-state index is 11.2. The molecule has 2 aromatic heterocycles. The van der Waals surface area contributed by atoms with Crippen LogP contribution in [0.25, 0.3) is 22.5 Å². The highest BCUT2D eigenvalue weighted by Crippen LogP contribution is 2.37. The number of nitrogens with zero attached hydrogens (tertiary/aromatic N) is 3. The number of rotatable bonds is 2. The molecule has 1 aliphatic carbocycles. The Balaban J connectivity index is 0.000000142. The molecule has 6 rings (SSSR count). The second kappa shape index (κ2) is 8.18. The topological polar surface area (TPSA) is 130 Å². The van der Waals surface area contributed by atoms with Crippen molar-refractivity contribution in [1.29, 1.82) is 0 Å². The number of aryl methyl sites for hydroxylation is 3. The molecule has 172 valence electrons. The number of hydrogen-bond donors (Lipinski definition) is 3. The highest BCUT2D eigenvalue weighted by molar-refractivity contribution is 5.91. The number of carbonyl (C=O) groups is 2. The van der Waals surface area contributed by atoms with Crippen LogP contribution in [0, 0.1) is 6.92 Å². The number of aromatic amines is 1. The molecule has 9 nitrogen and oxygen atoms in total. The van der Waals surface area contributed by atoms with E-state index in [1.54, 1.807) is 7.05 Å². The Labute approximate surface area is 194 Å². The third-order valence-electron chi connectivity index (χ3n) is 6.10. The number of para-hydroxylation sites is 1. The van der Waals surface area contributed by atoms with E-state index >= 15 is 0 Å². The Bertz CT molecular complexity index is 1450. The standard InChI is InChI=1S/C13H12N2O2.C12H10N2O3/c1-7-2-4-9-8(6-7)3-5-10-11(9)14-15-12(10)13(16)17;1-14-11(12(15)16)8-6-17-9-5-3-2-4-7(9)10(8)13-14/h2,4,6H,3,5H2,1H3,(H,14,15)(H,16,17);2-5H,6H2,1H3,(H,15,16). The van der Waals surface area contributed by atoms with Gasteiger partial charge in [-0.2, -0.15) is 10.2 Å². The minimum atomic E-state index is -0.982. The first kappa shape index (κ1) is 21.4. The predicted octanol–water partition coefficient (Wildman–Crippen LogP) is 3.86. The molecule has 0 atom stereocenters. The van der Waals surface area contributed by atoms with Gasteiger partial charge in [0.2, 0.25) is 0 Å². The van der Waals surface area contributed by atoms with Gasteiger partial charge >= 0.3 is 11.9 Å². The van der Waals surface area contributed by atoms with Gasteiger partial charge in [0.05, 0.1) is 11.3 Å². The summed E-state index contributed by atoms with van der Waals surface area (Å²) in [5.41, 5.74) is 7.75. The Morgan fingerprint density at radius 3 is 2.56 bits per heavy atom. The van der Waals surface area contributed by atoms with Gasteiger partial charge in [-0.1, -0.05) is 35.9 Å². The number of aromatic carboxylic acids is 2. The molecule has 0 radical (unpaired) electrons. The zero-order chi connectivity index (χ0) is 24.0. The number of ether oxygens (including phenoxy) is 1. The summed E-state index contributed by atoms with van der Waals surface area (Å²) in [6, 6.07) is 13.7. The number of carboxylic acids is 2. The maximum absolute atomic E-state index is 11.2. The molecule has 0 bridgehead atoms. The Kier molecular flexibility index (Phi) is 5.16. The van der Waals surface area contributed by atoms with Crippen LogP contribution in [0.3, 0.4) is 0 Å². The first-order valence-corrected chi connectivity index (χ1v) is 10.8. The van der Waals surface area contributed by atoms with E-state index in [1.165, 1.54) is 15.8 Å². The number of hydrogen-bond acceptors (Lipinski definition) is 5. The maximum Gasteiger partial charge on any atom is 0.354 e. The Morgan fingerprint density at radius 1 is 1.00 bits per heavy atom.